The van der Waals surface area contributed by atoms with Crippen LogP contribution in [-0.4, -0.2) is 23.3 Å². The molecule has 0 radical (unpaired) electrons. The van der Waals surface area contributed by atoms with Crippen molar-refractivity contribution in [1.29, 1.82) is 0 Å². The molecular weight excluding hydrogens is 322 g/mol. The molecule has 3 aromatic rings. The van der Waals surface area contributed by atoms with Crippen LogP contribution in [0.4, 0.5) is 10.8 Å². The second-order valence-corrected chi connectivity index (χ2v) is 6.67. The average Bonchev–Trinajstić information content (AvgIpc) is 3.20. The zero-order valence-electron chi connectivity index (χ0n) is 12.9. The van der Waals surface area contributed by atoms with Gasteiger partial charge in [-0.1, -0.05) is 23.5 Å². The molecule has 24 heavy (non-hydrogen) atoms. The summed E-state index contributed by atoms with van der Waals surface area (Å²) in [5.41, 5.74) is 2.26. The van der Waals surface area contributed by atoms with Gasteiger partial charge in [0.2, 0.25) is 5.91 Å². The number of anilines is 2. The van der Waals surface area contributed by atoms with E-state index in [1.54, 1.807) is 17.0 Å². The average molecular weight is 337 g/mol. The first-order valence-electron chi connectivity index (χ1n) is 7.78. The van der Waals surface area contributed by atoms with E-state index in [0.29, 0.717) is 17.1 Å². The number of nitrogens with zero attached hydrogens (tertiary/aromatic N) is 2. The molecule has 0 unspecified atom stereocenters. The Labute approximate surface area is 142 Å². The third-order valence-electron chi connectivity index (χ3n) is 4.03. The molecule has 1 fully saturated rings. The molecule has 0 saturated carbocycles. The number of nitrogens with one attached hydrogen (secondary N) is 1. The number of hydrogen-bond acceptors (Lipinski definition) is 4. The largest absolute Gasteiger partial charge is 0.312 e. The Kier molecular flexibility index (Phi) is 3.74. The number of hydrogen-bond donors (Lipinski definition) is 1. The van der Waals surface area contributed by atoms with Crippen LogP contribution >= 0.6 is 11.3 Å². The van der Waals surface area contributed by atoms with Crippen molar-refractivity contribution in [2.24, 2.45) is 0 Å². The van der Waals surface area contributed by atoms with E-state index in [0.717, 1.165) is 28.9 Å². The zero-order chi connectivity index (χ0) is 16.5. The quantitative estimate of drug-likeness (QED) is 0.793. The third-order valence-corrected chi connectivity index (χ3v) is 4.98. The number of thiazole rings is 1. The van der Waals surface area contributed by atoms with Crippen LogP contribution in [0.1, 0.15) is 23.2 Å². The SMILES string of the molecule is O=C(Nc1nc2ccccc2s1)c1ccc(N2CCCC2=O)cc1. The maximum absolute atomic E-state index is 12.4. The molecule has 1 saturated heterocycles. The number of amides is 2. The molecule has 0 aliphatic carbocycles. The van der Waals surface area contributed by atoms with Gasteiger partial charge in [-0.3, -0.25) is 14.9 Å². The van der Waals surface area contributed by atoms with Crippen molar-refractivity contribution in [2.75, 3.05) is 16.8 Å². The summed E-state index contributed by atoms with van der Waals surface area (Å²) in [5, 5.41) is 3.42. The van der Waals surface area contributed by atoms with Gasteiger partial charge in [0.25, 0.3) is 5.91 Å². The van der Waals surface area contributed by atoms with Gasteiger partial charge in [0.15, 0.2) is 5.13 Å². The summed E-state index contributed by atoms with van der Waals surface area (Å²) in [6.07, 6.45) is 1.48. The smallest absolute Gasteiger partial charge is 0.257 e. The van der Waals surface area contributed by atoms with Crippen molar-refractivity contribution in [3.05, 3.63) is 54.1 Å². The minimum absolute atomic E-state index is 0.140. The summed E-state index contributed by atoms with van der Waals surface area (Å²) in [7, 11) is 0. The molecule has 2 amide bonds. The van der Waals surface area contributed by atoms with Gasteiger partial charge in [0.05, 0.1) is 10.2 Å². The van der Waals surface area contributed by atoms with E-state index in [4.69, 9.17) is 0 Å². The Morgan fingerprint density at radius 1 is 1.12 bits per heavy atom. The maximum Gasteiger partial charge on any atom is 0.257 e. The molecule has 5 nitrogen and oxygen atoms in total. The molecule has 4 rings (SSSR count). The van der Waals surface area contributed by atoms with Crippen LogP contribution in [0.2, 0.25) is 0 Å². The van der Waals surface area contributed by atoms with Crippen LogP contribution in [0.15, 0.2) is 48.5 Å². The molecule has 1 aliphatic heterocycles. The standard InChI is InChI=1S/C18H15N3O2S/c22-16-6-3-11-21(16)13-9-7-12(8-10-13)17(23)20-18-19-14-4-1-2-5-15(14)24-18/h1-2,4-5,7-10H,3,6,11H2,(H,19,20,23). The van der Waals surface area contributed by atoms with Crippen molar-refractivity contribution in [3.8, 4) is 0 Å². The van der Waals surface area contributed by atoms with E-state index in [-0.39, 0.29) is 11.8 Å². The number of para-hydroxylation sites is 1. The molecule has 1 aliphatic rings. The summed E-state index contributed by atoms with van der Waals surface area (Å²) in [6, 6.07) is 14.9. The van der Waals surface area contributed by atoms with Crippen LogP contribution in [0, 0.1) is 0 Å². The summed E-state index contributed by atoms with van der Waals surface area (Å²) < 4.78 is 1.04. The van der Waals surface area contributed by atoms with E-state index < -0.39 is 0 Å². The van der Waals surface area contributed by atoms with E-state index in [1.165, 1.54) is 11.3 Å². The van der Waals surface area contributed by atoms with E-state index in [2.05, 4.69) is 10.3 Å². The molecule has 120 valence electrons. The molecule has 0 atom stereocenters. The van der Waals surface area contributed by atoms with Gasteiger partial charge in [-0.05, 0) is 42.8 Å². The van der Waals surface area contributed by atoms with Gasteiger partial charge in [-0.25, -0.2) is 4.98 Å². The van der Waals surface area contributed by atoms with Gasteiger partial charge in [0, 0.05) is 24.2 Å². The van der Waals surface area contributed by atoms with Crippen molar-refractivity contribution in [1.82, 2.24) is 4.98 Å². The van der Waals surface area contributed by atoms with E-state index in [9.17, 15) is 9.59 Å². The molecule has 0 bridgehead atoms. The fraction of sp³-hybridized carbons (Fsp3) is 0.167. The number of carbonyl (C=O) groups excluding carboxylic acids is 2. The lowest BCUT2D eigenvalue weighted by atomic mass is 10.2. The number of aromatic nitrogens is 1. The van der Waals surface area contributed by atoms with Gasteiger partial charge < -0.3 is 4.90 Å². The predicted molar refractivity (Wildman–Crippen MR) is 95.6 cm³/mol. The lowest BCUT2D eigenvalue weighted by Gasteiger charge is -2.15. The zero-order valence-corrected chi connectivity index (χ0v) is 13.7. The van der Waals surface area contributed by atoms with Crippen molar-refractivity contribution >= 4 is 44.2 Å². The van der Waals surface area contributed by atoms with Crippen LogP contribution in [0.5, 0.6) is 0 Å². The summed E-state index contributed by atoms with van der Waals surface area (Å²) >= 11 is 1.45. The first-order chi connectivity index (χ1) is 11.7. The normalized spacial score (nSPS) is 14.3. The maximum atomic E-state index is 12.4. The first-order valence-corrected chi connectivity index (χ1v) is 8.60. The van der Waals surface area contributed by atoms with Crippen molar-refractivity contribution < 1.29 is 9.59 Å². The number of benzene rings is 2. The minimum Gasteiger partial charge on any atom is -0.312 e. The number of fused-ring (bicyclic) bond motifs is 1. The Balaban J connectivity index is 1.50. The highest BCUT2D eigenvalue weighted by Crippen LogP contribution is 2.26. The molecule has 1 N–H and O–H groups in total. The second kappa shape index (κ2) is 6.05. The molecule has 0 spiro atoms. The Bertz CT molecular complexity index is 884. The molecule has 6 heteroatoms. The lowest BCUT2D eigenvalue weighted by molar-refractivity contribution is -0.117. The second-order valence-electron chi connectivity index (χ2n) is 5.64. The third kappa shape index (κ3) is 2.76. The minimum atomic E-state index is -0.201. The van der Waals surface area contributed by atoms with E-state index >= 15 is 0 Å². The highest BCUT2D eigenvalue weighted by Gasteiger charge is 2.21. The fourth-order valence-corrected chi connectivity index (χ4v) is 3.67. The van der Waals surface area contributed by atoms with Gasteiger partial charge in [-0.2, -0.15) is 0 Å². The van der Waals surface area contributed by atoms with Gasteiger partial charge in [-0.15, -0.1) is 0 Å². The first kappa shape index (κ1) is 14.8. The highest BCUT2D eigenvalue weighted by atomic mass is 32.1. The fourth-order valence-electron chi connectivity index (χ4n) is 2.81. The van der Waals surface area contributed by atoms with Crippen LogP contribution in [0.3, 0.4) is 0 Å². The Morgan fingerprint density at radius 3 is 2.62 bits per heavy atom. The van der Waals surface area contributed by atoms with Crippen LogP contribution < -0.4 is 10.2 Å². The van der Waals surface area contributed by atoms with Crippen molar-refractivity contribution in [2.45, 2.75) is 12.8 Å². The predicted octanol–water partition coefficient (Wildman–Crippen LogP) is 3.68. The van der Waals surface area contributed by atoms with Crippen LogP contribution in [-0.2, 0) is 4.79 Å². The topological polar surface area (TPSA) is 62.3 Å². The van der Waals surface area contributed by atoms with Crippen molar-refractivity contribution in [3.63, 3.8) is 0 Å². The Morgan fingerprint density at radius 2 is 1.92 bits per heavy atom. The number of carbonyl (C=O) groups is 2. The molecule has 2 heterocycles. The summed E-state index contributed by atoms with van der Waals surface area (Å²) in [4.78, 5) is 30.3. The summed E-state index contributed by atoms with van der Waals surface area (Å²) in [6.45, 7) is 0.746. The van der Waals surface area contributed by atoms with Gasteiger partial charge in [0.1, 0.15) is 0 Å². The summed E-state index contributed by atoms with van der Waals surface area (Å²) in [5.74, 6) is -0.0602. The number of rotatable bonds is 3. The lowest BCUT2D eigenvalue weighted by Crippen LogP contribution is -2.23. The highest BCUT2D eigenvalue weighted by molar-refractivity contribution is 7.22. The Hall–Kier alpha value is -2.73. The van der Waals surface area contributed by atoms with E-state index in [1.807, 2.05) is 36.4 Å². The van der Waals surface area contributed by atoms with Crippen LogP contribution in [0.25, 0.3) is 10.2 Å². The molecular formula is C18H15N3O2S. The van der Waals surface area contributed by atoms with Gasteiger partial charge >= 0.3 is 0 Å². The molecule has 2 aromatic carbocycles. The monoisotopic (exact) mass is 337 g/mol. The molecule has 1 aromatic heterocycles.